The van der Waals surface area contributed by atoms with Crippen molar-refractivity contribution in [2.45, 2.75) is 58.0 Å². The predicted molar refractivity (Wildman–Crippen MR) is 78.1 cm³/mol. The first-order valence-corrected chi connectivity index (χ1v) is 7.48. The molecule has 1 N–H and O–H groups in total. The van der Waals surface area contributed by atoms with Gasteiger partial charge in [-0.25, -0.2) is 0 Å². The van der Waals surface area contributed by atoms with Crippen LogP contribution in [-0.4, -0.2) is 49.7 Å². The van der Waals surface area contributed by atoms with Crippen LogP contribution in [0.25, 0.3) is 0 Å². The third kappa shape index (κ3) is 4.18. The smallest absolute Gasteiger partial charge is 0.327 e. The molecular formula is C15H30N2O2. The summed E-state index contributed by atoms with van der Waals surface area (Å²) in [6.45, 7) is 7.74. The maximum atomic E-state index is 12.0. The van der Waals surface area contributed by atoms with Crippen molar-refractivity contribution in [3.8, 4) is 0 Å². The molecule has 0 spiro atoms. The molecule has 112 valence electrons. The molecule has 1 rings (SSSR count). The largest absolute Gasteiger partial charge is 0.468 e. The van der Waals surface area contributed by atoms with Crippen LogP contribution in [0, 0.1) is 5.92 Å². The van der Waals surface area contributed by atoms with Crippen LogP contribution in [0.4, 0.5) is 0 Å². The summed E-state index contributed by atoms with van der Waals surface area (Å²) in [4.78, 5) is 14.3. The fourth-order valence-electron chi connectivity index (χ4n) is 3.38. The molecule has 0 saturated heterocycles. The molecule has 19 heavy (non-hydrogen) atoms. The third-order valence-electron chi connectivity index (χ3n) is 4.40. The number of ether oxygens (including phenoxy) is 1. The van der Waals surface area contributed by atoms with Crippen LogP contribution < -0.4 is 5.32 Å². The lowest BCUT2D eigenvalue weighted by atomic mass is 9.84. The lowest BCUT2D eigenvalue weighted by molar-refractivity contribution is -0.149. The molecule has 0 aromatic heterocycles. The highest BCUT2D eigenvalue weighted by molar-refractivity contribution is 5.80. The van der Waals surface area contributed by atoms with Gasteiger partial charge < -0.3 is 15.0 Å². The number of rotatable bonds is 6. The van der Waals surface area contributed by atoms with E-state index in [1.807, 2.05) is 13.8 Å². The summed E-state index contributed by atoms with van der Waals surface area (Å²) in [7, 11) is 3.59. The zero-order valence-corrected chi connectivity index (χ0v) is 13.2. The van der Waals surface area contributed by atoms with E-state index in [4.69, 9.17) is 4.74 Å². The van der Waals surface area contributed by atoms with E-state index in [-0.39, 0.29) is 5.97 Å². The van der Waals surface area contributed by atoms with Crippen LogP contribution in [0.1, 0.15) is 46.5 Å². The monoisotopic (exact) mass is 270 g/mol. The highest BCUT2D eigenvalue weighted by Crippen LogP contribution is 2.28. The maximum absolute atomic E-state index is 12.0. The average Bonchev–Trinajstić information content (AvgIpc) is 2.38. The molecule has 1 aliphatic rings. The Balaban J connectivity index is 2.69. The zero-order valence-electron chi connectivity index (χ0n) is 13.2. The molecule has 0 radical (unpaired) electrons. The summed E-state index contributed by atoms with van der Waals surface area (Å²) in [5, 5.41) is 3.28. The number of carbonyl (C=O) groups is 1. The van der Waals surface area contributed by atoms with Crippen molar-refractivity contribution in [2.75, 3.05) is 27.2 Å². The first kappa shape index (κ1) is 16.4. The molecule has 0 heterocycles. The molecule has 0 aromatic carbocycles. The fourth-order valence-corrected chi connectivity index (χ4v) is 3.38. The molecule has 0 amide bonds. The number of carbonyl (C=O) groups excluding carboxylic acids is 1. The number of nitrogens with one attached hydrogen (secondary N) is 1. The van der Waals surface area contributed by atoms with E-state index in [0.717, 1.165) is 6.54 Å². The quantitative estimate of drug-likeness (QED) is 0.750. The van der Waals surface area contributed by atoms with Crippen LogP contribution in [-0.2, 0) is 9.53 Å². The Kier molecular flexibility index (Phi) is 6.27. The summed E-state index contributed by atoms with van der Waals surface area (Å²) in [5.74, 6) is 0.534. The molecule has 0 aromatic rings. The van der Waals surface area contributed by atoms with Crippen molar-refractivity contribution in [2.24, 2.45) is 5.92 Å². The maximum Gasteiger partial charge on any atom is 0.327 e. The topological polar surface area (TPSA) is 41.6 Å². The molecule has 1 fully saturated rings. The first-order chi connectivity index (χ1) is 8.94. The van der Waals surface area contributed by atoms with Gasteiger partial charge in [0.2, 0.25) is 0 Å². The summed E-state index contributed by atoms with van der Waals surface area (Å²) in [6, 6.07) is 0.580. The van der Waals surface area contributed by atoms with Gasteiger partial charge >= 0.3 is 5.97 Å². The van der Waals surface area contributed by atoms with Gasteiger partial charge in [0.15, 0.2) is 0 Å². The highest BCUT2D eigenvalue weighted by Gasteiger charge is 2.37. The molecule has 3 atom stereocenters. The summed E-state index contributed by atoms with van der Waals surface area (Å²) < 4.78 is 4.95. The van der Waals surface area contributed by atoms with Crippen molar-refractivity contribution >= 4 is 5.97 Å². The third-order valence-corrected chi connectivity index (χ3v) is 4.40. The number of hydrogen-bond donors (Lipinski definition) is 1. The number of hydrogen-bond acceptors (Lipinski definition) is 4. The summed E-state index contributed by atoms with van der Waals surface area (Å²) in [5.41, 5.74) is -0.616. The van der Waals surface area contributed by atoms with Gasteiger partial charge in [-0.3, -0.25) is 4.79 Å². The van der Waals surface area contributed by atoms with Crippen LogP contribution in [0.3, 0.4) is 0 Å². The van der Waals surface area contributed by atoms with Crippen molar-refractivity contribution < 1.29 is 9.53 Å². The Morgan fingerprint density at radius 3 is 2.58 bits per heavy atom. The number of nitrogens with zero attached hydrogens (tertiary/aromatic N) is 1. The predicted octanol–water partition coefficient (Wildman–Crippen LogP) is 2.04. The van der Waals surface area contributed by atoms with Crippen LogP contribution in [0.5, 0.6) is 0 Å². The van der Waals surface area contributed by atoms with Gasteiger partial charge in [0.1, 0.15) is 5.54 Å². The van der Waals surface area contributed by atoms with Gasteiger partial charge in [0.05, 0.1) is 7.11 Å². The number of likely N-dealkylation sites (N-methyl/N-ethyl adjacent to an activating group) is 2. The van der Waals surface area contributed by atoms with Gasteiger partial charge in [-0.1, -0.05) is 26.7 Å². The molecule has 1 saturated carbocycles. The van der Waals surface area contributed by atoms with E-state index in [0.29, 0.717) is 18.5 Å². The Bertz CT molecular complexity index is 296. The van der Waals surface area contributed by atoms with E-state index in [1.54, 1.807) is 0 Å². The average molecular weight is 270 g/mol. The van der Waals surface area contributed by atoms with Crippen molar-refractivity contribution in [1.29, 1.82) is 0 Å². The van der Waals surface area contributed by atoms with Gasteiger partial charge in [0.25, 0.3) is 0 Å². The van der Waals surface area contributed by atoms with E-state index >= 15 is 0 Å². The Morgan fingerprint density at radius 1 is 1.42 bits per heavy atom. The minimum atomic E-state index is -0.616. The summed E-state index contributed by atoms with van der Waals surface area (Å²) in [6.07, 6.45) is 5.18. The molecule has 4 heteroatoms. The molecule has 4 nitrogen and oxygen atoms in total. The normalized spacial score (nSPS) is 27.1. The van der Waals surface area contributed by atoms with Crippen molar-refractivity contribution in [1.82, 2.24) is 10.2 Å². The second-order valence-electron chi connectivity index (χ2n) is 6.10. The fraction of sp³-hybridized carbons (Fsp3) is 0.933. The van der Waals surface area contributed by atoms with Gasteiger partial charge in [0, 0.05) is 12.6 Å². The minimum Gasteiger partial charge on any atom is -0.468 e. The SMILES string of the molecule is CCNC(C)(CN(C)C1CCCCC1C)C(=O)OC. The minimum absolute atomic E-state index is 0.176. The van der Waals surface area contributed by atoms with E-state index in [9.17, 15) is 4.79 Å². The van der Waals surface area contributed by atoms with E-state index in [1.165, 1.54) is 32.8 Å². The second-order valence-corrected chi connectivity index (χ2v) is 6.10. The molecule has 3 unspecified atom stereocenters. The Labute approximate surface area is 117 Å². The van der Waals surface area contributed by atoms with Crippen LogP contribution in [0.15, 0.2) is 0 Å². The van der Waals surface area contributed by atoms with Crippen molar-refractivity contribution in [3.63, 3.8) is 0 Å². The summed E-state index contributed by atoms with van der Waals surface area (Å²) >= 11 is 0. The molecule has 0 bridgehead atoms. The lowest BCUT2D eigenvalue weighted by Crippen LogP contribution is -2.58. The van der Waals surface area contributed by atoms with Gasteiger partial charge in [-0.15, -0.1) is 0 Å². The highest BCUT2D eigenvalue weighted by atomic mass is 16.5. The zero-order chi connectivity index (χ0) is 14.5. The first-order valence-electron chi connectivity index (χ1n) is 7.48. The second kappa shape index (κ2) is 7.25. The molecule has 1 aliphatic carbocycles. The molecular weight excluding hydrogens is 240 g/mol. The lowest BCUT2D eigenvalue weighted by Gasteiger charge is -2.40. The van der Waals surface area contributed by atoms with Gasteiger partial charge in [-0.2, -0.15) is 0 Å². The standard InChI is InChI=1S/C15H30N2O2/c1-6-16-15(3,14(18)19-5)11-17(4)13-10-8-7-9-12(13)2/h12-13,16H,6-11H2,1-5H3. The molecule has 0 aliphatic heterocycles. The van der Waals surface area contributed by atoms with Crippen molar-refractivity contribution in [3.05, 3.63) is 0 Å². The van der Waals surface area contributed by atoms with Crippen LogP contribution in [0.2, 0.25) is 0 Å². The van der Waals surface area contributed by atoms with Gasteiger partial charge in [-0.05, 0) is 39.3 Å². The Morgan fingerprint density at radius 2 is 2.05 bits per heavy atom. The number of methoxy groups -OCH3 is 1. The number of esters is 1. The van der Waals surface area contributed by atoms with Crippen LogP contribution >= 0.6 is 0 Å². The van der Waals surface area contributed by atoms with E-state index < -0.39 is 5.54 Å². The Hall–Kier alpha value is -0.610. The van der Waals surface area contributed by atoms with E-state index in [2.05, 4.69) is 24.2 Å².